The third-order valence-corrected chi connectivity index (χ3v) is 7.13. The van der Waals surface area contributed by atoms with E-state index in [4.69, 9.17) is 18.5 Å². The number of H-pyrrole nitrogens is 1. The molecule has 1 aromatic carbocycles. The first-order valence-corrected chi connectivity index (χ1v) is 13.7. The molecule has 0 aliphatic carbocycles. The lowest BCUT2D eigenvalue weighted by atomic mass is 10.00. The third-order valence-electron chi connectivity index (χ3n) is 5.74. The van der Waals surface area contributed by atoms with Crippen molar-refractivity contribution >= 4 is 19.5 Å². The van der Waals surface area contributed by atoms with Crippen molar-refractivity contribution in [2.24, 2.45) is 10.9 Å². The van der Waals surface area contributed by atoms with Gasteiger partial charge in [-0.2, -0.15) is 0 Å². The average molecular weight is 555 g/mol. The summed E-state index contributed by atoms with van der Waals surface area (Å²) in [5.41, 5.74) is -1.51. The Morgan fingerprint density at radius 2 is 2.05 bits per heavy atom. The van der Waals surface area contributed by atoms with Gasteiger partial charge >= 0.3 is 19.3 Å². The van der Waals surface area contributed by atoms with Crippen LogP contribution in [0.2, 0.25) is 0 Å². The van der Waals surface area contributed by atoms with Crippen LogP contribution >= 0.6 is 7.60 Å². The van der Waals surface area contributed by atoms with E-state index in [2.05, 4.69) is 4.99 Å². The van der Waals surface area contributed by atoms with E-state index in [0.717, 1.165) is 29.2 Å². The van der Waals surface area contributed by atoms with Gasteiger partial charge in [-0.25, -0.2) is 14.2 Å². The Balaban J connectivity index is 1.77. The second-order valence-electron chi connectivity index (χ2n) is 8.59. The van der Waals surface area contributed by atoms with Crippen LogP contribution in [-0.2, 0) is 23.4 Å². The van der Waals surface area contributed by atoms with Crippen molar-refractivity contribution in [2.45, 2.75) is 51.2 Å². The molecule has 2 N–H and O–H groups in total. The third kappa shape index (κ3) is 7.70. The summed E-state index contributed by atoms with van der Waals surface area (Å²) in [5.74, 6) is -0.693. The lowest BCUT2D eigenvalue weighted by Crippen LogP contribution is -2.36. The highest BCUT2D eigenvalue weighted by atomic mass is 31.2. The van der Waals surface area contributed by atoms with Crippen LogP contribution in [0.15, 0.2) is 57.2 Å². The zero-order valence-corrected chi connectivity index (χ0v) is 21.9. The number of ether oxygens (including phenoxy) is 2. The number of nitrogens with zero attached hydrogens (tertiary/aromatic N) is 2. The molecule has 0 saturated carbocycles. The van der Waals surface area contributed by atoms with Crippen LogP contribution < -0.4 is 15.8 Å². The molecule has 3 rings (SSSR count). The van der Waals surface area contributed by atoms with Crippen LogP contribution in [0.1, 0.15) is 32.9 Å². The SMILES string of the molecule is CCCCOC(=O)[C@H](C)N=CP(=O)(OC[C@H]1O[C@@H](n2ccc(=O)[nH]c2=O)[C@H](O)[C@@H]1CF)Oc1ccccc1. The zero-order chi connectivity index (χ0) is 27.7. The maximum atomic E-state index is 13.9. The van der Waals surface area contributed by atoms with Gasteiger partial charge in [0.05, 0.1) is 26.0 Å². The topological polar surface area (TPSA) is 159 Å². The molecule has 1 saturated heterocycles. The van der Waals surface area contributed by atoms with Crippen LogP contribution in [0.5, 0.6) is 5.75 Å². The lowest BCUT2D eigenvalue weighted by molar-refractivity contribution is -0.144. The predicted octanol–water partition coefficient (Wildman–Crippen LogP) is 2.43. The number of benzene rings is 1. The molecule has 2 heterocycles. The molecule has 2 aromatic rings. The molecular weight excluding hydrogens is 524 g/mol. The van der Waals surface area contributed by atoms with Crippen LogP contribution in [0.25, 0.3) is 0 Å². The number of hydrogen-bond donors (Lipinski definition) is 2. The van der Waals surface area contributed by atoms with Crippen molar-refractivity contribution in [2.75, 3.05) is 19.9 Å². The zero-order valence-electron chi connectivity index (χ0n) is 21.0. The number of carbonyl (C=O) groups is 1. The van der Waals surface area contributed by atoms with Crippen molar-refractivity contribution in [3.8, 4) is 5.75 Å². The largest absolute Gasteiger partial charge is 0.464 e. The number of unbranched alkanes of at least 4 members (excludes halogenated alkanes) is 1. The van der Waals surface area contributed by atoms with E-state index in [9.17, 15) is 28.4 Å². The fraction of sp³-hybridized carbons (Fsp3) is 0.500. The van der Waals surface area contributed by atoms with E-state index in [1.807, 2.05) is 11.9 Å². The summed E-state index contributed by atoms with van der Waals surface area (Å²) in [7, 11) is -4.18. The molecule has 1 aliphatic rings. The minimum atomic E-state index is -4.18. The Labute approximate surface area is 217 Å². The number of aromatic amines is 1. The van der Waals surface area contributed by atoms with Crippen LogP contribution in [0, 0.1) is 5.92 Å². The molecular formula is C24H31FN3O9P. The number of aliphatic hydroxyl groups excluding tert-OH is 1. The van der Waals surface area contributed by atoms with Crippen molar-refractivity contribution < 1.29 is 37.4 Å². The number of alkyl halides is 1. The van der Waals surface area contributed by atoms with E-state index in [1.54, 1.807) is 18.2 Å². The Morgan fingerprint density at radius 3 is 2.71 bits per heavy atom. The molecule has 1 aromatic heterocycles. The molecule has 38 heavy (non-hydrogen) atoms. The number of aliphatic hydroxyl groups is 1. The molecule has 6 atom stereocenters. The second-order valence-corrected chi connectivity index (χ2v) is 10.3. The van der Waals surface area contributed by atoms with Gasteiger partial charge in [0.2, 0.25) is 0 Å². The fourth-order valence-corrected chi connectivity index (χ4v) is 4.87. The fourth-order valence-electron chi connectivity index (χ4n) is 3.57. The summed E-state index contributed by atoms with van der Waals surface area (Å²) in [4.78, 5) is 41.7. The Morgan fingerprint density at radius 1 is 1.32 bits per heavy atom. The molecule has 1 aliphatic heterocycles. The first kappa shape index (κ1) is 29.4. The molecule has 12 nitrogen and oxygen atoms in total. The summed E-state index contributed by atoms with van der Waals surface area (Å²) in [6.07, 6.45) is -1.29. The molecule has 1 unspecified atom stereocenters. The van der Waals surface area contributed by atoms with Crippen molar-refractivity contribution in [3.05, 3.63) is 63.4 Å². The summed E-state index contributed by atoms with van der Waals surface area (Å²) < 4.78 is 50.3. The van der Waals surface area contributed by atoms with E-state index >= 15 is 0 Å². The van der Waals surface area contributed by atoms with E-state index in [-0.39, 0.29) is 12.4 Å². The highest BCUT2D eigenvalue weighted by Gasteiger charge is 2.46. The standard InChI is InChI=1S/C24H31FN3O9P/c1-3-4-12-34-23(31)16(2)26-15-38(33,37-17-8-6-5-7-9-17)35-14-19-18(13-25)21(30)22(36-19)28-11-10-20(29)27-24(28)32/h5-11,15-16,18-19,21-22,30H,3-4,12-14H2,1-2H3,(H,27,29,32)/t16-,18+,19+,21+,22+,38?/m0/s1. The van der Waals surface area contributed by atoms with Crippen molar-refractivity contribution in [1.29, 1.82) is 0 Å². The van der Waals surface area contributed by atoms with Gasteiger partial charge in [0, 0.05) is 18.2 Å². The number of carbonyl (C=O) groups excluding carboxylic acids is 1. The Kier molecular flexibility index (Phi) is 10.5. The number of rotatable bonds is 13. The highest BCUT2D eigenvalue weighted by Crippen LogP contribution is 2.47. The number of para-hydroxylation sites is 1. The maximum Gasteiger partial charge on any atom is 0.421 e. The van der Waals surface area contributed by atoms with Gasteiger partial charge in [0.25, 0.3) is 5.56 Å². The van der Waals surface area contributed by atoms with Crippen molar-refractivity contribution in [3.63, 3.8) is 0 Å². The van der Waals surface area contributed by atoms with E-state index < -0.39 is 68.5 Å². The minimum Gasteiger partial charge on any atom is -0.464 e. The first-order valence-electron chi connectivity index (χ1n) is 12.1. The molecule has 14 heteroatoms. The van der Waals surface area contributed by atoms with Gasteiger partial charge in [-0.15, -0.1) is 0 Å². The molecule has 208 valence electrons. The minimum absolute atomic E-state index is 0.188. The number of halogens is 1. The predicted molar refractivity (Wildman–Crippen MR) is 135 cm³/mol. The van der Waals surface area contributed by atoms with Crippen molar-refractivity contribution in [1.82, 2.24) is 9.55 Å². The maximum absolute atomic E-state index is 13.9. The van der Waals surface area contributed by atoms with E-state index in [1.165, 1.54) is 19.1 Å². The van der Waals surface area contributed by atoms with Crippen LogP contribution in [0.4, 0.5) is 4.39 Å². The van der Waals surface area contributed by atoms with Gasteiger partial charge in [-0.05, 0) is 25.5 Å². The molecule has 0 spiro atoms. The van der Waals surface area contributed by atoms with Crippen LogP contribution in [0.3, 0.4) is 0 Å². The summed E-state index contributed by atoms with van der Waals surface area (Å²) in [6, 6.07) is 8.14. The first-order chi connectivity index (χ1) is 18.2. The van der Waals surface area contributed by atoms with E-state index in [0.29, 0.717) is 6.42 Å². The molecule has 0 amide bonds. The quantitative estimate of drug-likeness (QED) is 0.164. The summed E-state index contributed by atoms with van der Waals surface area (Å²) in [6.45, 7) is 2.09. The number of aliphatic imine (C=N–C) groups is 1. The van der Waals surface area contributed by atoms with Crippen LogP contribution in [-0.4, -0.2) is 64.7 Å². The highest BCUT2D eigenvalue weighted by molar-refractivity contribution is 7.70. The Bertz CT molecular complexity index is 1250. The second kappa shape index (κ2) is 13.6. The summed E-state index contributed by atoms with van der Waals surface area (Å²) >= 11 is 0. The van der Waals surface area contributed by atoms with Gasteiger partial charge in [0.1, 0.15) is 23.9 Å². The van der Waals surface area contributed by atoms with Gasteiger partial charge in [-0.1, -0.05) is 31.5 Å². The summed E-state index contributed by atoms with van der Waals surface area (Å²) in [5, 5.41) is 10.6. The van der Waals surface area contributed by atoms with Gasteiger partial charge in [-0.3, -0.25) is 28.3 Å². The number of nitrogens with one attached hydrogen (secondary N) is 1. The monoisotopic (exact) mass is 555 g/mol. The molecule has 0 radical (unpaired) electrons. The average Bonchev–Trinajstić information content (AvgIpc) is 3.21. The number of esters is 1. The number of aromatic nitrogens is 2. The Hall–Kier alpha value is -3.12. The lowest BCUT2D eigenvalue weighted by Gasteiger charge is -2.21. The molecule has 0 bridgehead atoms. The smallest absolute Gasteiger partial charge is 0.421 e. The van der Waals surface area contributed by atoms with Gasteiger partial charge < -0.3 is 19.1 Å². The van der Waals surface area contributed by atoms with Gasteiger partial charge in [0.15, 0.2) is 6.23 Å². The molecule has 1 fully saturated rings. The number of hydrogen-bond acceptors (Lipinski definition) is 10. The normalized spacial score (nSPS) is 23.7.